The number of rotatable bonds is 8. The lowest BCUT2D eigenvalue weighted by molar-refractivity contribution is -0.313. The first kappa shape index (κ1) is 24.8. The Balaban J connectivity index is 1.61. The van der Waals surface area contributed by atoms with Crippen molar-refractivity contribution >= 4 is 31.3 Å². The minimum absolute atomic E-state index is 0.00257. The van der Waals surface area contributed by atoms with E-state index in [1.807, 2.05) is 0 Å². The molecule has 0 bridgehead atoms. The normalized spacial score (nSPS) is 14.9. The molecule has 1 radical (unpaired) electrons. The maximum Gasteiger partial charge on any atom is 0.700 e. The minimum atomic E-state index is -0.00257. The van der Waals surface area contributed by atoms with E-state index in [9.17, 15) is 4.79 Å². The van der Waals surface area contributed by atoms with Gasteiger partial charge in [0.15, 0.2) is 11.4 Å². The second kappa shape index (κ2) is 10.1. The summed E-state index contributed by atoms with van der Waals surface area (Å²) < 4.78 is 10.2. The first-order valence-electron chi connectivity index (χ1n) is 12.5. The van der Waals surface area contributed by atoms with Crippen molar-refractivity contribution in [3.05, 3.63) is 76.3 Å². The number of ether oxygens (including phenoxy) is 1. The monoisotopic (exact) mass is 469 g/mol. The fourth-order valence-electron chi connectivity index (χ4n) is 4.63. The van der Waals surface area contributed by atoms with E-state index in [4.69, 9.17) is 4.74 Å². The van der Waals surface area contributed by atoms with Gasteiger partial charge in [-0.2, -0.15) is 0 Å². The molecule has 2 aromatic rings. The summed E-state index contributed by atoms with van der Waals surface area (Å²) in [5.41, 5.74) is 8.03. The van der Waals surface area contributed by atoms with Crippen molar-refractivity contribution in [1.29, 1.82) is 0 Å². The molecule has 0 saturated carbocycles. The molecule has 0 spiro atoms. The van der Waals surface area contributed by atoms with Gasteiger partial charge in [0.1, 0.15) is 5.75 Å². The molecule has 5 nitrogen and oxygen atoms in total. The van der Waals surface area contributed by atoms with Gasteiger partial charge in [-0.05, 0) is 43.4 Å². The fourth-order valence-corrected chi connectivity index (χ4v) is 4.63. The summed E-state index contributed by atoms with van der Waals surface area (Å²) >= 11 is 0. The number of amides is 1. The van der Waals surface area contributed by atoms with Crippen molar-refractivity contribution in [2.24, 2.45) is 0 Å². The lowest BCUT2D eigenvalue weighted by Gasteiger charge is -2.23. The van der Waals surface area contributed by atoms with Crippen LogP contribution >= 0.6 is 0 Å². The Bertz CT molecular complexity index is 1260. The first-order valence-corrected chi connectivity index (χ1v) is 12.5. The Morgan fingerprint density at radius 2 is 1.97 bits per heavy atom. The Morgan fingerprint density at radius 1 is 1.17 bits per heavy atom. The van der Waals surface area contributed by atoms with Crippen LogP contribution in [0.2, 0.25) is 0 Å². The topological polar surface area (TPSA) is 46.3 Å². The highest BCUT2D eigenvalue weighted by Gasteiger charge is 2.35. The van der Waals surface area contributed by atoms with E-state index in [0.717, 1.165) is 41.4 Å². The van der Waals surface area contributed by atoms with Crippen LogP contribution in [0.25, 0.3) is 12.2 Å². The molecule has 181 valence electrons. The van der Waals surface area contributed by atoms with Gasteiger partial charge >= 0.3 is 7.55 Å². The lowest BCUT2D eigenvalue weighted by atomic mass is 9.85. The molecule has 1 N–H and O–H groups in total. The smallest absolute Gasteiger partial charge is 0.496 e. The molecule has 4 rings (SSSR count). The number of para-hydroxylation sites is 1. The number of nitrogens with zero attached hydrogens (tertiary/aromatic N) is 2. The summed E-state index contributed by atoms with van der Waals surface area (Å²) in [6.07, 6.45) is 10.9. The predicted molar refractivity (Wildman–Crippen MR) is 145 cm³/mol. The fraction of sp³-hybridized carbons (Fsp3) is 0.379. The maximum absolute atomic E-state index is 12.1. The van der Waals surface area contributed by atoms with Crippen LogP contribution in [0.3, 0.4) is 0 Å². The van der Waals surface area contributed by atoms with E-state index >= 15 is 0 Å². The molecule has 0 aliphatic carbocycles. The summed E-state index contributed by atoms with van der Waals surface area (Å²) in [5.74, 6) is 1.03. The number of hydrogen-bond acceptors (Lipinski definition) is 2. The van der Waals surface area contributed by atoms with Crippen molar-refractivity contribution in [3.63, 3.8) is 0 Å². The maximum atomic E-state index is 12.1. The largest absolute Gasteiger partial charge is 0.700 e. The van der Waals surface area contributed by atoms with Crippen LogP contribution < -0.4 is 10.1 Å². The van der Waals surface area contributed by atoms with Crippen LogP contribution in [0.5, 0.6) is 5.75 Å². The summed E-state index contributed by atoms with van der Waals surface area (Å²) in [7, 11) is 3.88. The number of methoxy groups -OCH3 is 1. The Kier molecular flexibility index (Phi) is 7.20. The van der Waals surface area contributed by atoms with E-state index in [2.05, 4.69) is 111 Å². The van der Waals surface area contributed by atoms with Crippen molar-refractivity contribution in [2.75, 3.05) is 13.7 Å². The molecule has 35 heavy (non-hydrogen) atoms. The van der Waals surface area contributed by atoms with Crippen LogP contribution in [-0.4, -0.2) is 41.8 Å². The Morgan fingerprint density at radius 3 is 2.69 bits per heavy atom. The summed E-state index contributed by atoms with van der Waals surface area (Å²) in [6.45, 7) is 11.6. The van der Waals surface area contributed by atoms with Gasteiger partial charge in [0, 0.05) is 59.3 Å². The number of carbonyl (C=O) groups excluding carboxylic acids is 1. The van der Waals surface area contributed by atoms with Crippen LogP contribution in [0.4, 0.5) is 0 Å². The highest BCUT2D eigenvalue weighted by Crippen LogP contribution is 2.35. The van der Waals surface area contributed by atoms with Gasteiger partial charge in [-0.1, -0.05) is 45.9 Å². The third kappa shape index (κ3) is 5.21. The van der Waals surface area contributed by atoms with Gasteiger partial charge in [0.25, 0.3) is 0 Å². The van der Waals surface area contributed by atoms with Gasteiger partial charge in [-0.15, -0.1) is 0 Å². The van der Waals surface area contributed by atoms with Gasteiger partial charge in [-0.3, -0.25) is 9.28 Å². The number of aryl methyl sites for hydroxylation is 1. The number of hydrogen-bond donors (Lipinski definition) is 1. The van der Waals surface area contributed by atoms with Gasteiger partial charge < -0.3 is 14.5 Å². The number of allylic oxidation sites excluding steroid dienone is 3. The summed E-state index contributed by atoms with van der Waals surface area (Å²) in [6, 6.07) is 10.6. The van der Waals surface area contributed by atoms with E-state index < -0.39 is 0 Å². The second-order valence-corrected chi connectivity index (χ2v) is 10.2. The number of carbonyl (C=O) groups is 1. The number of nitrogens with one attached hydrogen (secondary N) is 1. The summed E-state index contributed by atoms with van der Waals surface area (Å²) in [4.78, 5) is 12.1. The molecular weight excluding hydrogens is 433 g/mol. The predicted octanol–water partition coefficient (Wildman–Crippen LogP) is 5.12. The Labute approximate surface area is 210 Å². The van der Waals surface area contributed by atoms with Crippen LogP contribution in [-0.2, 0) is 16.6 Å². The number of aromatic nitrogens is 1. The number of fused-ring (bicyclic) bond motifs is 2. The third-order valence-electron chi connectivity index (χ3n) is 6.53. The molecule has 1 amide bonds. The zero-order valence-electron chi connectivity index (χ0n) is 21.8. The quantitative estimate of drug-likeness (QED) is 0.546. The molecule has 0 unspecified atom stereocenters. The molecule has 0 atom stereocenters. The van der Waals surface area contributed by atoms with Crippen molar-refractivity contribution in [3.8, 4) is 5.75 Å². The van der Waals surface area contributed by atoms with E-state index in [1.165, 1.54) is 16.8 Å². The van der Waals surface area contributed by atoms with Crippen LogP contribution in [0.15, 0.2) is 53.8 Å². The lowest BCUT2D eigenvalue weighted by Crippen LogP contribution is -2.31. The standard InChI is InChI=1S/C29H36BN3O2/c1-7-17-31-27(34)16-15-22-13-14-24-19-26-20(2)18-23(33(26)30-32(22)24)12-11-21-9-8-10-25(28(21)35-6)29(3,4)5/h8-14,18-19H,7,15-17H2,1-6H3,(H,31,34)/q+1. The average Bonchev–Trinajstić information content (AvgIpc) is 3.37. The van der Waals surface area contributed by atoms with Gasteiger partial charge in [-0.25, -0.2) is 0 Å². The van der Waals surface area contributed by atoms with E-state index in [1.54, 1.807) is 7.11 Å². The zero-order chi connectivity index (χ0) is 25.2. The van der Waals surface area contributed by atoms with Gasteiger partial charge in [0.2, 0.25) is 5.91 Å². The Hall–Kier alpha value is -3.28. The molecule has 1 aromatic heterocycles. The van der Waals surface area contributed by atoms with E-state index in [-0.39, 0.29) is 11.3 Å². The molecule has 6 heteroatoms. The molecule has 0 saturated heterocycles. The van der Waals surface area contributed by atoms with Crippen molar-refractivity contribution < 1.29 is 14.0 Å². The molecule has 3 heterocycles. The SMILES string of the molecule is CCCNC(=O)CCc1ccc2n1[B][N+]1=C(C=Cc3cccc(C(C)(C)C)c3OC)C=C(C)C1=C2. The molecule has 0 fully saturated rings. The number of benzene rings is 1. The average molecular weight is 469 g/mol. The van der Waals surface area contributed by atoms with Crippen LogP contribution in [0.1, 0.15) is 70.0 Å². The summed E-state index contributed by atoms with van der Waals surface area (Å²) in [5, 5.41) is 2.97. The minimum Gasteiger partial charge on any atom is -0.496 e. The van der Waals surface area contributed by atoms with E-state index in [0.29, 0.717) is 12.8 Å². The first-order chi connectivity index (χ1) is 16.7. The molecular formula is C29H36BN3O2+. The molecule has 2 aliphatic heterocycles. The molecule has 1 aromatic carbocycles. The second-order valence-electron chi connectivity index (χ2n) is 10.2. The third-order valence-corrected chi connectivity index (χ3v) is 6.53. The van der Waals surface area contributed by atoms with Crippen molar-refractivity contribution in [2.45, 2.75) is 59.3 Å². The van der Waals surface area contributed by atoms with Gasteiger partial charge in [0.05, 0.1) is 7.11 Å². The van der Waals surface area contributed by atoms with Crippen molar-refractivity contribution in [1.82, 2.24) is 9.79 Å². The molecule has 2 aliphatic rings. The van der Waals surface area contributed by atoms with Crippen LogP contribution in [0, 0.1) is 0 Å². The zero-order valence-corrected chi connectivity index (χ0v) is 21.8. The highest BCUT2D eigenvalue weighted by atomic mass is 16.5. The highest BCUT2D eigenvalue weighted by molar-refractivity contribution is 6.29.